The molecule has 23 heavy (non-hydrogen) atoms. The van der Waals surface area contributed by atoms with E-state index in [4.69, 9.17) is 0 Å². The fraction of sp³-hybridized carbons (Fsp3) is 0.955. The third-order valence-electron chi connectivity index (χ3n) is 5.33. The molecule has 0 saturated heterocycles. The average Bonchev–Trinajstić information content (AvgIpc) is 2.53. The molecular formula is C22H44O. The van der Waals surface area contributed by atoms with Gasteiger partial charge in [-0.25, -0.2) is 0 Å². The summed E-state index contributed by atoms with van der Waals surface area (Å²) in [5, 5.41) is 0. The van der Waals surface area contributed by atoms with Crippen molar-refractivity contribution in [3.05, 3.63) is 0 Å². The summed E-state index contributed by atoms with van der Waals surface area (Å²) in [6, 6.07) is 0. The predicted molar refractivity (Wildman–Crippen MR) is 104 cm³/mol. The molecule has 0 aliphatic rings. The zero-order chi connectivity index (χ0) is 17.3. The molecule has 138 valence electrons. The van der Waals surface area contributed by atoms with E-state index in [1.807, 2.05) is 0 Å². The van der Waals surface area contributed by atoms with Crippen LogP contribution in [-0.4, -0.2) is 6.29 Å². The van der Waals surface area contributed by atoms with Crippen molar-refractivity contribution in [3.8, 4) is 0 Å². The first-order valence-corrected chi connectivity index (χ1v) is 10.6. The lowest BCUT2D eigenvalue weighted by molar-refractivity contribution is -0.111. The van der Waals surface area contributed by atoms with Gasteiger partial charge < -0.3 is 4.79 Å². The van der Waals surface area contributed by atoms with Gasteiger partial charge in [-0.2, -0.15) is 0 Å². The number of carbonyl (C=O) groups excluding carboxylic acids is 1. The Kier molecular flexibility index (Phi) is 16.3. The quantitative estimate of drug-likeness (QED) is 0.199. The highest BCUT2D eigenvalue weighted by atomic mass is 16.1. The van der Waals surface area contributed by atoms with Gasteiger partial charge in [-0.1, -0.05) is 105 Å². The van der Waals surface area contributed by atoms with Crippen LogP contribution in [0.3, 0.4) is 0 Å². The maximum absolute atomic E-state index is 11.3. The van der Waals surface area contributed by atoms with Crippen LogP contribution in [0.15, 0.2) is 0 Å². The minimum atomic E-state index is 0.322. The molecule has 0 fully saturated rings. The summed E-state index contributed by atoms with van der Waals surface area (Å²) in [5.74, 6) is 2.00. The molecular weight excluding hydrogens is 280 g/mol. The molecule has 0 saturated carbocycles. The smallest absolute Gasteiger partial charge is 0.123 e. The van der Waals surface area contributed by atoms with Crippen LogP contribution in [0.25, 0.3) is 0 Å². The molecule has 0 amide bonds. The maximum atomic E-state index is 11.3. The van der Waals surface area contributed by atoms with E-state index >= 15 is 0 Å². The van der Waals surface area contributed by atoms with Crippen LogP contribution >= 0.6 is 0 Å². The van der Waals surface area contributed by atoms with Crippen molar-refractivity contribution in [2.75, 3.05) is 0 Å². The highest BCUT2D eigenvalue weighted by Crippen LogP contribution is 2.22. The van der Waals surface area contributed by atoms with Crippen molar-refractivity contribution in [1.29, 1.82) is 0 Å². The van der Waals surface area contributed by atoms with Crippen LogP contribution < -0.4 is 0 Å². The third-order valence-corrected chi connectivity index (χ3v) is 5.33. The van der Waals surface area contributed by atoms with Gasteiger partial charge in [0.05, 0.1) is 0 Å². The van der Waals surface area contributed by atoms with E-state index in [-0.39, 0.29) is 0 Å². The fourth-order valence-corrected chi connectivity index (χ4v) is 3.56. The van der Waals surface area contributed by atoms with Crippen molar-refractivity contribution >= 4 is 6.29 Å². The highest BCUT2D eigenvalue weighted by Gasteiger charge is 2.11. The third kappa shape index (κ3) is 15.0. The summed E-state index contributed by atoms with van der Waals surface area (Å²) in [6.07, 6.45) is 19.4. The zero-order valence-electron chi connectivity index (χ0n) is 16.6. The molecule has 0 radical (unpaired) electrons. The Morgan fingerprint density at radius 3 is 1.83 bits per heavy atom. The standard InChI is InChI=1S/C22H44O/c1-5-7-8-9-10-11-16-22(19-23)18-17-21(4)15-12-14-20(3)13-6-2/h19-22H,5-18H2,1-4H3. The summed E-state index contributed by atoms with van der Waals surface area (Å²) < 4.78 is 0. The second-order valence-corrected chi connectivity index (χ2v) is 7.96. The Morgan fingerprint density at radius 2 is 1.22 bits per heavy atom. The number of carbonyl (C=O) groups is 1. The number of rotatable bonds is 17. The Balaban J connectivity index is 3.61. The van der Waals surface area contributed by atoms with Crippen molar-refractivity contribution in [2.45, 2.75) is 118 Å². The first-order chi connectivity index (χ1) is 11.1. The molecule has 0 bridgehead atoms. The summed E-state index contributed by atoms with van der Waals surface area (Å²) in [4.78, 5) is 11.3. The van der Waals surface area contributed by atoms with Crippen LogP contribution in [0.1, 0.15) is 118 Å². The molecule has 0 heterocycles. The first-order valence-electron chi connectivity index (χ1n) is 10.6. The number of hydrogen-bond donors (Lipinski definition) is 0. The molecule has 3 atom stereocenters. The van der Waals surface area contributed by atoms with Gasteiger partial charge in [-0.3, -0.25) is 0 Å². The molecule has 0 aromatic rings. The second-order valence-electron chi connectivity index (χ2n) is 7.96. The van der Waals surface area contributed by atoms with E-state index < -0.39 is 0 Å². The van der Waals surface area contributed by atoms with Gasteiger partial charge in [0.1, 0.15) is 6.29 Å². The molecule has 0 aliphatic heterocycles. The van der Waals surface area contributed by atoms with Crippen LogP contribution in [0, 0.1) is 17.8 Å². The molecule has 0 aromatic heterocycles. The Hall–Kier alpha value is -0.330. The van der Waals surface area contributed by atoms with E-state index in [1.54, 1.807) is 0 Å². The topological polar surface area (TPSA) is 17.1 Å². The molecule has 0 rings (SSSR count). The average molecular weight is 325 g/mol. The highest BCUT2D eigenvalue weighted by molar-refractivity contribution is 5.53. The van der Waals surface area contributed by atoms with Gasteiger partial charge in [-0.05, 0) is 24.7 Å². The van der Waals surface area contributed by atoms with E-state index in [2.05, 4.69) is 27.7 Å². The van der Waals surface area contributed by atoms with Gasteiger partial charge in [0, 0.05) is 5.92 Å². The van der Waals surface area contributed by atoms with Gasteiger partial charge in [0.15, 0.2) is 0 Å². The molecule has 0 aliphatic carbocycles. The Morgan fingerprint density at radius 1 is 0.609 bits per heavy atom. The molecule has 0 spiro atoms. The first kappa shape index (κ1) is 22.7. The normalized spacial score (nSPS) is 15.3. The predicted octanol–water partition coefficient (Wildman–Crippen LogP) is 7.57. The van der Waals surface area contributed by atoms with Gasteiger partial charge >= 0.3 is 0 Å². The van der Waals surface area contributed by atoms with Crippen molar-refractivity contribution in [2.24, 2.45) is 17.8 Å². The van der Waals surface area contributed by atoms with Crippen molar-refractivity contribution < 1.29 is 4.79 Å². The van der Waals surface area contributed by atoms with Crippen LogP contribution in [0.2, 0.25) is 0 Å². The molecule has 1 heteroatoms. The Labute approximate surface area is 147 Å². The Bertz CT molecular complexity index is 248. The lowest BCUT2D eigenvalue weighted by Crippen LogP contribution is -2.06. The second kappa shape index (κ2) is 16.5. The zero-order valence-corrected chi connectivity index (χ0v) is 16.6. The minimum Gasteiger partial charge on any atom is -0.303 e. The number of aldehydes is 1. The van der Waals surface area contributed by atoms with Gasteiger partial charge in [0.25, 0.3) is 0 Å². The van der Waals surface area contributed by atoms with Crippen molar-refractivity contribution in [3.63, 3.8) is 0 Å². The van der Waals surface area contributed by atoms with E-state index in [1.165, 1.54) is 83.3 Å². The number of hydrogen-bond acceptors (Lipinski definition) is 1. The largest absolute Gasteiger partial charge is 0.303 e. The van der Waals surface area contributed by atoms with E-state index in [0.717, 1.165) is 24.7 Å². The minimum absolute atomic E-state index is 0.322. The van der Waals surface area contributed by atoms with E-state index in [9.17, 15) is 4.79 Å². The monoisotopic (exact) mass is 324 g/mol. The molecule has 3 unspecified atom stereocenters. The lowest BCUT2D eigenvalue weighted by Gasteiger charge is -2.16. The molecule has 1 nitrogen and oxygen atoms in total. The van der Waals surface area contributed by atoms with Crippen LogP contribution in [0.4, 0.5) is 0 Å². The summed E-state index contributed by atoms with van der Waals surface area (Å²) in [7, 11) is 0. The van der Waals surface area contributed by atoms with Gasteiger partial charge in [0.2, 0.25) is 0 Å². The van der Waals surface area contributed by atoms with E-state index in [0.29, 0.717) is 5.92 Å². The molecule has 0 aromatic carbocycles. The lowest BCUT2D eigenvalue weighted by atomic mass is 9.89. The fourth-order valence-electron chi connectivity index (χ4n) is 3.56. The van der Waals surface area contributed by atoms with Gasteiger partial charge in [-0.15, -0.1) is 0 Å². The summed E-state index contributed by atoms with van der Waals surface area (Å²) >= 11 is 0. The van der Waals surface area contributed by atoms with Crippen LogP contribution in [-0.2, 0) is 4.79 Å². The summed E-state index contributed by atoms with van der Waals surface area (Å²) in [5.41, 5.74) is 0. The SMILES string of the molecule is CCCCCCCCC(C=O)CCC(C)CCCC(C)CCC. The number of unbranched alkanes of at least 4 members (excludes halogenated alkanes) is 5. The molecule has 0 N–H and O–H groups in total. The maximum Gasteiger partial charge on any atom is 0.123 e. The summed E-state index contributed by atoms with van der Waals surface area (Å²) in [6.45, 7) is 9.30. The van der Waals surface area contributed by atoms with Crippen LogP contribution in [0.5, 0.6) is 0 Å². The van der Waals surface area contributed by atoms with Crippen molar-refractivity contribution in [1.82, 2.24) is 0 Å².